The van der Waals surface area contributed by atoms with Gasteiger partial charge in [0, 0.05) is 19.4 Å². The zero-order valence-corrected chi connectivity index (χ0v) is 15.6. The molecule has 2 aromatic heterocycles. The summed E-state index contributed by atoms with van der Waals surface area (Å²) in [6, 6.07) is 8.15. The van der Waals surface area contributed by atoms with Gasteiger partial charge < -0.3 is 9.88 Å². The summed E-state index contributed by atoms with van der Waals surface area (Å²) in [6.07, 6.45) is 3.58. The lowest BCUT2D eigenvalue weighted by Crippen LogP contribution is -2.15. The molecule has 1 N–H and O–H groups in total. The van der Waals surface area contributed by atoms with Gasteiger partial charge in [0.2, 0.25) is 5.91 Å². The summed E-state index contributed by atoms with van der Waals surface area (Å²) >= 11 is 1.41. The number of nitrogens with zero attached hydrogens (tertiary/aromatic N) is 4. The van der Waals surface area contributed by atoms with E-state index < -0.39 is 0 Å². The third-order valence-corrected chi connectivity index (χ3v) is 5.00. The zero-order valence-electron chi connectivity index (χ0n) is 14.8. The van der Waals surface area contributed by atoms with Crippen LogP contribution in [0.2, 0.25) is 0 Å². The average Bonchev–Trinajstić information content (AvgIpc) is 3.12. The first-order chi connectivity index (χ1) is 12.0. The summed E-state index contributed by atoms with van der Waals surface area (Å²) in [4.78, 5) is 16.5. The molecular weight excluding hydrogens is 334 g/mol. The van der Waals surface area contributed by atoms with Crippen LogP contribution in [0.1, 0.15) is 17.0 Å². The molecule has 1 aromatic carbocycles. The average molecular weight is 355 g/mol. The van der Waals surface area contributed by atoms with Crippen molar-refractivity contribution in [2.24, 2.45) is 7.05 Å². The molecule has 0 bridgehead atoms. The van der Waals surface area contributed by atoms with Crippen molar-refractivity contribution in [1.29, 1.82) is 0 Å². The van der Waals surface area contributed by atoms with Crippen molar-refractivity contribution in [2.75, 3.05) is 11.1 Å². The van der Waals surface area contributed by atoms with Crippen LogP contribution in [-0.2, 0) is 11.8 Å². The number of aryl methyl sites for hydroxylation is 3. The molecule has 0 unspecified atom stereocenters. The van der Waals surface area contributed by atoms with Crippen LogP contribution in [0.25, 0.3) is 5.69 Å². The van der Waals surface area contributed by atoms with Crippen LogP contribution < -0.4 is 5.32 Å². The number of benzene rings is 1. The van der Waals surface area contributed by atoms with E-state index in [9.17, 15) is 4.79 Å². The summed E-state index contributed by atoms with van der Waals surface area (Å²) in [6.45, 7) is 5.91. The van der Waals surface area contributed by atoms with Gasteiger partial charge in [0.1, 0.15) is 0 Å². The molecule has 7 heteroatoms. The maximum atomic E-state index is 12.3. The SMILES string of the molecule is Cc1ccc(-n2nc(C)c(NC(=O)CSc3nccn3C)c2C)cc1. The van der Waals surface area contributed by atoms with Gasteiger partial charge in [-0.2, -0.15) is 5.10 Å². The Balaban J connectivity index is 1.73. The van der Waals surface area contributed by atoms with Crippen molar-refractivity contribution in [1.82, 2.24) is 19.3 Å². The highest BCUT2D eigenvalue weighted by Crippen LogP contribution is 2.24. The Labute approximate surface area is 151 Å². The predicted octanol–water partition coefficient (Wildman–Crippen LogP) is 3.26. The lowest BCUT2D eigenvalue weighted by molar-refractivity contribution is -0.113. The maximum absolute atomic E-state index is 12.3. The molecule has 130 valence electrons. The molecule has 0 saturated heterocycles. The molecule has 0 aliphatic heterocycles. The highest BCUT2D eigenvalue weighted by atomic mass is 32.2. The molecule has 25 heavy (non-hydrogen) atoms. The van der Waals surface area contributed by atoms with E-state index in [0.29, 0.717) is 5.75 Å². The first-order valence-corrected chi connectivity index (χ1v) is 8.97. The van der Waals surface area contributed by atoms with E-state index in [1.165, 1.54) is 17.3 Å². The number of amides is 1. The fraction of sp³-hybridized carbons (Fsp3) is 0.278. The maximum Gasteiger partial charge on any atom is 0.234 e. The number of imidazole rings is 1. The quantitative estimate of drug-likeness (QED) is 0.714. The number of anilines is 1. The van der Waals surface area contributed by atoms with Crippen LogP contribution in [0.5, 0.6) is 0 Å². The van der Waals surface area contributed by atoms with Crippen molar-refractivity contribution < 1.29 is 4.79 Å². The number of hydrogen-bond acceptors (Lipinski definition) is 4. The van der Waals surface area contributed by atoms with Crippen molar-refractivity contribution in [3.63, 3.8) is 0 Å². The van der Waals surface area contributed by atoms with Gasteiger partial charge in [0.15, 0.2) is 5.16 Å². The second kappa shape index (κ2) is 7.14. The Morgan fingerprint density at radius 3 is 2.56 bits per heavy atom. The van der Waals surface area contributed by atoms with Gasteiger partial charge in [0.05, 0.1) is 28.5 Å². The number of thioether (sulfide) groups is 1. The summed E-state index contributed by atoms with van der Waals surface area (Å²) in [5.41, 5.74) is 4.66. The van der Waals surface area contributed by atoms with Gasteiger partial charge in [-0.3, -0.25) is 4.79 Å². The Hall–Kier alpha value is -2.54. The third-order valence-electron chi connectivity index (χ3n) is 3.94. The van der Waals surface area contributed by atoms with Gasteiger partial charge in [0.25, 0.3) is 0 Å². The molecule has 0 fully saturated rings. The topological polar surface area (TPSA) is 64.7 Å². The van der Waals surface area contributed by atoms with E-state index in [2.05, 4.69) is 22.3 Å². The van der Waals surface area contributed by atoms with Crippen LogP contribution in [0.15, 0.2) is 41.8 Å². The summed E-state index contributed by atoms with van der Waals surface area (Å²) < 4.78 is 3.75. The van der Waals surface area contributed by atoms with Gasteiger partial charge in [-0.25, -0.2) is 9.67 Å². The molecule has 0 atom stereocenters. The second-order valence-electron chi connectivity index (χ2n) is 5.95. The number of rotatable bonds is 5. The molecule has 1 amide bonds. The lowest BCUT2D eigenvalue weighted by Gasteiger charge is -2.07. The van der Waals surface area contributed by atoms with Crippen LogP contribution in [0, 0.1) is 20.8 Å². The number of carbonyl (C=O) groups is 1. The highest BCUT2D eigenvalue weighted by molar-refractivity contribution is 7.99. The zero-order chi connectivity index (χ0) is 18.0. The monoisotopic (exact) mass is 355 g/mol. The van der Waals surface area contributed by atoms with Crippen molar-refractivity contribution in [3.05, 3.63) is 53.6 Å². The summed E-state index contributed by atoms with van der Waals surface area (Å²) in [7, 11) is 1.91. The van der Waals surface area contributed by atoms with Gasteiger partial charge in [-0.05, 0) is 32.9 Å². The molecule has 0 radical (unpaired) electrons. The Morgan fingerprint density at radius 2 is 1.92 bits per heavy atom. The molecule has 0 spiro atoms. The minimum Gasteiger partial charge on any atom is -0.329 e. The van der Waals surface area contributed by atoms with E-state index in [-0.39, 0.29) is 5.91 Å². The van der Waals surface area contributed by atoms with Crippen LogP contribution in [0.3, 0.4) is 0 Å². The predicted molar refractivity (Wildman–Crippen MR) is 100 cm³/mol. The Bertz CT molecular complexity index is 895. The van der Waals surface area contributed by atoms with Crippen LogP contribution in [-0.4, -0.2) is 31.0 Å². The van der Waals surface area contributed by atoms with Crippen molar-refractivity contribution >= 4 is 23.4 Å². The minimum absolute atomic E-state index is 0.0670. The molecule has 0 saturated carbocycles. The summed E-state index contributed by atoms with van der Waals surface area (Å²) in [5, 5.41) is 8.37. The third kappa shape index (κ3) is 3.76. The van der Waals surface area contributed by atoms with E-state index in [0.717, 1.165) is 27.9 Å². The Kier molecular flexibility index (Phi) is 4.94. The molecule has 0 aliphatic carbocycles. The summed E-state index contributed by atoms with van der Waals surface area (Å²) in [5.74, 6) is 0.238. The normalized spacial score (nSPS) is 10.9. The van der Waals surface area contributed by atoms with E-state index in [1.54, 1.807) is 6.20 Å². The number of carbonyl (C=O) groups excluding carboxylic acids is 1. The smallest absolute Gasteiger partial charge is 0.234 e. The number of aromatic nitrogens is 4. The largest absolute Gasteiger partial charge is 0.329 e. The molecule has 2 heterocycles. The number of nitrogens with one attached hydrogen (secondary N) is 1. The number of hydrogen-bond donors (Lipinski definition) is 1. The standard InChI is InChI=1S/C18H21N5OS/c1-12-5-7-15(8-6-12)23-14(3)17(13(2)21-23)20-16(24)11-25-18-19-9-10-22(18)4/h5-10H,11H2,1-4H3,(H,20,24). The van der Waals surface area contributed by atoms with E-state index in [4.69, 9.17) is 0 Å². The molecule has 3 rings (SSSR count). The Morgan fingerprint density at radius 1 is 1.20 bits per heavy atom. The van der Waals surface area contributed by atoms with Crippen LogP contribution >= 0.6 is 11.8 Å². The van der Waals surface area contributed by atoms with Gasteiger partial charge in [-0.15, -0.1) is 0 Å². The van der Waals surface area contributed by atoms with Gasteiger partial charge >= 0.3 is 0 Å². The minimum atomic E-state index is -0.0670. The molecule has 3 aromatic rings. The fourth-order valence-corrected chi connectivity index (χ4v) is 3.29. The highest BCUT2D eigenvalue weighted by Gasteiger charge is 2.15. The molecule has 6 nitrogen and oxygen atoms in total. The van der Waals surface area contributed by atoms with E-state index >= 15 is 0 Å². The first kappa shape index (κ1) is 17.3. The molecule has 0 aliphatic rings. The van der Waals surface area contributed by atoms with Gasteiger partial charge in [-0.1, -0.05) is 29.5 Å². The lowest BCUT2D eigenvalue weighted by atomic mass is 10.2. The second-order valence-corrected chi connectivity index (χ2v) is 6.89. The van der Waals surface area contributed by atoms with Crippen molar-refractivity contribution in [3.8, 4) is 5.69 Å². The molecular formula is C18H21N5OS. The fourth-order valence-electron chi connectivity index (χ4n) is 2.56. The van der Waals surface area contributed by atoms with E-state index in [1.807, 2.05) is 60.6 Å². The van der Waals surface area contributed by atoms with Crippen molar-refractivity contribution in [2.45, 2.75) is 25.9 Å². The van der Waals surface area contributed by atoms with Crippen LogP contribution in [0.4, 0.5) is 5.69 Å². The first-order valence-electron chi connectivity index (χ1n) is 7.99.